The summed E-state index contributed by atoms with van der Waals surface area (Å²) in [6, 6.07) is 8.33. The third-order valence-corrected chi connectivity index (χ3v) is 6.98. The fraction of sp³-hybridized carbons (Fsp3) is 0.476. The molecule has 140 valence electrons. The van der Waals surface area contributed by atoms with E-state index in [1.807, 2.05) is 24.3 Å². The van der Waals surface area contributed by atoms with Crippen molar-refractivity contribution in [2.45, 2.75) is 49.6 Å². The zero-order valence-electron chi connectivity index (χ0n) is 15.3. The van der Waals surface area contributed by atoms with Crippen molar-refractivity contribution in [3.63, 3.8) is 0 Å². The number of carbonyl (C=O) groups excluding carboxylic acids is 1. The van der Waals surface area contributed by atoms with Crippen LogP contribution < -0.4 is 0 Å². The van der Waals surface area contributed by atoms with E-state index in [1.54, 1.807) is 6.33 Å². The number of fused-ring (bicyclic) bond motifs is 4. The highest BCUT2D eigenvalue weighted by molar-refractivity contribution is 8.00. The number of rotatable bonds is 3. The molecule has 0 spiro atoms. The highest BCUT2D eigenvalue weighted by atomic mass is 32.2. The lowest BCUT2D eigenvalue weighted by Crippen LogP contribution is -2.50. The normalized spacial score (nSPS) is 22.9. The predicted molar refractivity (Wildman–Crippen MR) is 107 cm³/mol. The molecular weight excluding hydrogens is 358 g/mol. The van der Waals surface area contributed by atoms with Gasteiger partial charge in [0.2, 0.25) is 5.91 Å². The lowest BCUT2D eigenvalue weighted by atomic mass is 9.78. The number of hydrogen-bond acceptors (Lipinski definition) is 5. The minimum absolute atomic E-state index is 0.236. The number of piperidine rings is 1. The fourth-order valence-electron chi connectivity index (χ4n) is 4.75. The lowest BCUT2D eigenvalue weighted by molar-refractivity contribution is -0.134. The standard InChI is InChI=1S/C21H23N3O2S/c25-18(24-11-5-7-14-6-1-3-9-16(14)24)12-27-21-20-19(22-13-23-21)15-8-2-4-10-17(15)26-20/h2,4,8,10,13-14,16H,1,3,5-7,9,11-12H2/t14-,16+/m1/s1. The van der Waals surface area contributed by atoms with E-state index in [2.05, 4.69) is 14.9 Å². The molecular formula is C21H23N3O2S. The lowest BCUT2D eigenvalue weighted by Gasteiger charge is -2.44. The third kappa shape index (κ3) is 3.10. The Balaban J connectivity index is 1.36. The van der Waals surface area contributed by atoms with Gasteiger partial charge in [-0.3, -0.25) is 4.79 Å². The molecule has 1 saturated carbocycles. The first kappa shape index (κ1) is 17.0. The van der Waals surface area contributed by atoms with Crippen LogP contribution in [0.3, 0.4) is 0 Å². The second-order valence-corrected chi connectivity index (χ2v) is 8.55. The zero-order chi connectivity index (χ0) is 18.2. The van der Waals surface area contributed by atoms with Crippen molar-refractivity contribution in [3.8, 4) is 0 Å². The molecule has 5 rings (SSSR count). The highest BCUT2D eigenvalue weighted by Crippen LogP contribution is 2.36. The van der Waals surface area contributed by atoms with E-state index in [9.17, 15) is 4.79 Å². The van der Waals surface area contributed by atoms with Gasteiger partial charge in [0.15, 0.2) is 5.58 Å². The summed E-state index contributed by atoms with van der Waals surface area (Å²) in [5.41, 5.74) is 2.31. The van der Waals surface area contributed by atoms with Gasteiger partial charge in [0.05, 0.1) is 5.75 Å². The zero-order valence-corrected chi connectivity index (χ0v) is 16.1. The summed E-state index contributed by atoms with van der Waals surface area (Å²) >= 11 is 1.47. The maximum atomic E-state index is 13.0. The molecule has 2 atom stereocenters. The van der Waals surface area contributed by atoms with Crippen molar-refractivity contribution in [2.24, 2.45) is 5.92 Å². The minimum Gasteiger partial charge on any atom is -0.451 e. The van der Waals surface area contributed by atoms with Crippen molar-refractivity contribution in [2.75, 3.05) is 12.3 Å². The number of hydrogen-bond donors (Lipinski definition) is 0. The van der Waals surface area contributed by atoms with Crippen molar-refractivity contribution in [1.82, 2.24) is 14.9 Å². The molecule has 1 amide bonds. The van der Waals surface area contributed by atoms with Gasteiger partial charge in [-0.1, -0.05) is 36.7 Å². The van der Waals surface area contributed by atoms with Crippen LogP contribution in [-0.4, -0.2) is 39.1 Å². The topological polar surface area (TPSA) is 59.2 Å². The summed E-state index contributed by atoms with van der Waals surface area (Å²) in [6.07, 6.45) is 9.02. The van der Waals surface area contributed by atoms with E-state index in [4.69, 9.17) is 4.42 Å². The summed E-state index contributed by atoms with van der Waals surface area (Å²) in [5.74, 6) is 1.36. The van der Waals surface area contributed by atoms with E-state index in [0.29, 0.717) is 23.3 Å². The largest absolute Gasteiger partial charge is 0.451 e. The molecule has 27 heavy (non-hydrogen) atoms. The summed E-state index contributed by atoms with van der Waals surface area (Å²) in [6.45, 7) is 0.907. The number of para-hydroxylation sites is 1. The number of likely N-dealkylation sites (tertiary alicyclic amines) is 1. The molecule has 3 aromatic rings. The highest BCUT2D eigenvalue weighted by Gasteiger charge is 2.35. The maximum absolute atomic E-state index is 13.0. The molecule has 0 bridgehead atoms. The molecule has 1 saturated heterocycles. The third-order valence-electron chi connectivity index (χ3n) is 6.02. The van der Waals surface area contributed by atoms with Gasteiger partial charge in [0, 0.05) is 18.0 Å². The van der Waals surface area contributed by atoms with Crippen LogP contribution in [-0.2, 0) is 4.79 Å². The van der Waals surface area contributed by atoms with Gasteiger partial charge < -0.3 is 9.32 Å². The van der Waals surface area contributed by atoms with Crippen LogP contribution in [0.4, 0.5) is 0 Å². The number of benzene rings is 1. The molecule has 0 unspecified atom stereocenters. The molecule has 0 N–H and O–H groups in total. The van der Waals surface area contributed by atoms with Gasteiger partial charge in [0.1, 0.15) is 22.5 Å². The summed E-state index contributed by atoms with van der Waals surface area (Å²) < 4.78 is 5.98. The Labute approximate surface area is 162 Å². The molecule has 1 aromatic carbocycles. The van der Waals surface area contributed by atoms with Crippen LogP contribution in [0.15, 0.2) is 40.0 Å². The average molecular weight is 382 g/mol. The van der Waals surface area contributed by atoms with Gasteiger partial charge in [0.25, 0.3) is 0 Å². The Morgan fingerprint density at radius 2 is 2.00 bits per heavy atom. The fourth-order valence-corrected chi connectivity index (χ4v) is 5.57. The molecule has 6 heteroatoms. The molecule has 1 aliphatic heterocycles. The van der Waals surface area contributed by atoms with E-state index < -0.39 is 0 Å². The number of nitrogens with zero attached hydrogens (tertiary/aromatic N) is 3. The smallest absolute Gasteiger partial charge is 0.233 e. The Morgan fingerprint density at radius 3 is 2.96 bits per heavy atom. The summed E-state index contributed by atoms with van der Waals surface area (Å²) in [5, 5.41) is 1.74. The molecule has 0 radical (unpaired) electrons. The van der Waals surface area contributed by atoms with Crippen LogP contribution in [0.1, 0.15) is 38.5 Å². The van der Waals surface area contributed by atoms with Crippen molar-refractivity contribution in [3.05, 3.63) is 30.6 Å². The number of thioether (sulfide) groups is 1. The molecule has 5 nitrogen and oxygen atoms in total. The number of furan rings is 1. The summed E-state index contributed by atoms with van der Waals surface area (Å²) in [7, 11) is 0. The first-order valence-electron chi connectivity index (χ1n) is 9.86. The number of aromatic nitrogens is 2. The van der Waals surface area contributed by atoms with E-state index >= 15 is 0 Å². The van der Waals surface area contributed by atoms with E-state index in [-0.39, 0.29) is 5.91 Å². The second kappa shape index (κ2) is 7.15. The number of amides is 1. The first-order chi connectivity index (χ1) is 13.3. The van der Waals surface area contributed by atoms with Crippen LogP contribution in [0.5, 0.6) is 0 Å². The van der Waals surface area contributed by atoms with E-state index in [0.717, 1.165) is 34.5 Å². The van der Waals surface area contributed by atoms with Crippen molar-refractivity contribution < 1.29 is 9.21 Å². The van der Waals surface area contributed by atoms with Crippen LogP contribution in [0.25, 0.3) is 22.1 Å². The van der Waals surface area contributed by atoms with Crippen LogP contribution in [0.2, 0.25) is 0 Å². The molecule has 2 fully saturated rings. The number of carbonyl (C=O) groups is 1. The molecule has 2 aliphatic rings. The predicted octanol–water partition coefficient (Wildman–Crippen LogP) is 4.65. The average Bonchev–Trinajstić information content (AvgIpc) is 3.11. The van der Waals surface area contributed by atoms with Gasteiger partial charge in [-0.2, -0.15) is 0 Å². The molecule has 1 aliphatic carbocycles. The van der Waals surface area contributed by atoms with Gasteiger partial charge >= 0.3 is 0 Å². The van der Waals surface area contributed by atoms with Crippen LogP contribution >= 0.6 is 11.8 Å². The molecule has 3 heterocycles. The van der Waals surface area contributed by atoms with Crippen molar-refractivity contribution in [1.29, 1.82) is 0 Å². The first-order valence-corrected chi connectivity index (χ1v) is 10.8. The van der Waals surface area contributed by atoms with Crippen molar-refractivity contribution >= 4 is 39.7 Å². The van der Waals surface area contributed by atoms with Gasteiger partial charge in [-0.25, -0.2) is 9.97 Å². The van der Waals surface area contributed by atoms with Crippen LogP contribution in [0, 0.1) is 5.92 Å². The Hall–Kier alpha value is -2.08. The molecule has 2 aromatic heterocycles. The Morgan fingerprint density at radius 1 is 1.15 bits per heavy atom. The van der Waals surface area contributed by atoms with Gasteiger partial charge in [-0.05, 0) is 43.7 Å². The summed E-state index contributed by atoms with van der Waals surface area (Å²) in [4.78, 5) is 23.9. The maximum Gasteiger partial charge on any atom is 0.233 e. The van der Waals surface area contributed by atoms with E-state index in [1.165, 1.54) is 43.9 Å². The SMILES string of the molecule is O=C(CSc1ncnc2c1oc1ccccc12)N1CCC[C@H]2CCCC[C@@H]21. The Bertz CT molecular complexity index is 984. The monoisotopic (exact) mass is 381 g/mol. The van der Waals surface area contributed by atoms with Gasteiger partial charge in [-0.15, -0.1) is 0 Å². The second-order valence-electron chi connectivity index (χ2n) is 7.58. The Kier molecular flexibility index (Phi) is 4.52. The minimum atomic E-state index is 0.236. The quantitative estimate of drug-likeness (QED) is 0.488.